The third-order valence-corrected chi connectivity index (χ3v) is 6.05. The fourth-order valence-corrected chi connectivity index (χ4v) is 4.45. The number of carbonyl (C=O) groups excluding carboxylic acids is 1. The second kappa shape index (κ2) is 12.7. The van der Waals surface area contributed by atoms with Crippen LogP contribution in [0.25, 0.3) is 16.5 Å². The average molecular weight is 527 g/mol. The number of nitrogens with zero attached hydrogens (tertiary/aromatic N) is 4. The van der Waals surface area contributed by atoms with Gasteiger partial charge in [0, 0.05) is 29.9 Å². The SMILES string of the molecule is CC(C)(C)NC(=O)COc1ccc2ccccc2c1CNCCSc1nnnn1-c1ccccc1.Cl. The number of rotatable bonds is 10. The van der Waals surface area contributed by atoms with Gasteiger partial charge in [-0.1, -0.05) is 60.3 Å². The standard InChI is InChI=1S/C26H30N6O2S.ClH/c1-26(2,3)28-24(33)18-34-23-14-13-19-9-7-8-12-21(19)22(23)17-27-15-16-35-25-29-30-31-32(25)20-10-5-4-6-11-20;/h4-14,27H,15-18H2,1-3H3,(H,28,33);1H. The maximum atomic E-state index is 12.3. The van der Waals surface area contributed by atoms with Gasteiger partial charge >= 0.3 is 0 Å². The van der Waals surface area contributed by atoms with Crippen LogP contribution in [-0.2, 0) is 11.3 Å². The van der Waals surface area contributed by atoms with Gasteiger partial charge in [0.2, 0.25) is 5.16 Å². The Labute approximate surface area is 221 Å². The summed E-state index contributed by atoms with van der Waals surface area (Å²) in [5, 5.41) is 21.5. The number of hydrogen-bond acceptors (Lipinski definition) is 7. The van der Waals surface area contributed by atoms with Crippen molar-refractivity contribution in [1.82, 2.24) is 30.8 Å². The molecule has 1 heterocycles. The van der Waals surface area contributed by atoms with Crippen LogP contribution in [0.15, 0.2) is 71.9 Å². The summed E-state index contributed by atoms with van der Waals surface area (Å²) in [5.41, 5.74) is 1.67. The first-order chi connectivity index (χ1) is 16.9. The lowest BCUT2D eigenvalue weighted by atomic mass is 10.0. The van der Waals surface area contributed by atoms with Crippen LogP contribution in [0.3, 0.4) is 0 Å². The van der Waals surface area contributed by atoms with Gasteiger partial charge in [0.15, 0.2) is 6.61 Å². The number of tetrazole rings is 1. The quantitative estimate of drug-likeness (QED) is 0.233. The monoisotopic (exact) mass is 526 g/mol. The summed E-state index contributed by atoms with van der Waals surface area (Å²) >= 11 is 1.59. The van der Waals surface area contributed by atoms with Gasteiger partial charge < -0.3 is 15.4 Å². The molecule has 0 saturated carbocycles. The van der Waals surface area contributed by atoms with Gasteiger partial charge in [-0.25, -0.2) is 0 Å². The van der Waals surface area contributed by atoms with Gasteiger partial charge in [-0.3, -0.25) is 4.79 Å². The maximum absolute atomic E-state index is 12.3. The van der Waals surface area contributed by atoms with Crippen molar-refractivity contribution in [2.45, 2.75) is 38.0 Å². The van der Waals surface area contributed by atoms with Crippen molar-refractivity contribution in [2.75, 3.05) is 18.9 Å². The summed E-state index contributed by atoms with van der Waals surface area (Å²) in [6, 6.07) is 22.0. The molecule has 36 heavy (non-hydrogen) atoms. The third-order valence-electron chi connectivity index (χ3n) is 5.12. The molecule has 0 fully saturated rings. The highest BCUT2D eigenvalue weighted by molar-refractivity contribution is 7.99. The lowest BCUT2D eigenvalue weighted by Crippen LogP contribution is -2.43. The first-order valence-corrected chi connectivity index (χ1v) is 12.5. The molecule has 0 saturated heterocycles. The molecule has 0 spiro atoms. The molecule has 190 valence electrons. The predicted octanol–water partition coefficient (Wildman–Crippen LogP) is 4.41. The van der Waals surface area contributed by atoms with E-state index in [0.29, 0.717) is 12.3 Å². The molecule has 10 heteroatoms. The van der Waals surface area contributed by atoms with E-state index < -0.39 is 0 Å². The smallest absolute Gasteiger partial charge is 0.258 e. The fourth-order valence-electron chi connectivity index (χ4n) is 3.66. The number of aromatic nitrogens is 4. The molecule has 4 rings (SSSR count). The molecule has 1 aromatic heterocycles. The van der Waals surface area contributed by atoms with Crippen molar-refractivity contribution in [3.8, 4) is 11.4 Å². The topological polar surface area (TPSA) is 94.0 Å². The molecule has 3 aromatic carbocycles. The number of amides is 1. The molecule has 0 aliphatic rings. The number of nitrogens with one attached hydrogen (secondary N) is 2. The molecule has 0 aliphatic heterocycles. The highest BCUT2D eigenvalue weighted by Gasteiger charge is 2.16. The Morgan fingerprint density at radius 2 is 1.78 bits per heavy atom. The van der Waals surface area contributed by atoms with Gasteiger partial charge in [0.25, 0.3) is 5.91 Å². The van der Waals surface area contributed by atoms with E-state index in [1.54, 1.807) is 16.4 Å². The van der Waals surface area contributed by atoms with Crippen LogP contribution in [0.5, 0.6) is 5.75 Å². The summed E-state index contributed by atoms with van der Waals surface area (Å²) in [5.74, 6) is 1.36. The molecule has 0 aliphatic carbocycles. The van der Waals surface area contributed by atoms with Crippen LogP contribution in [-0.4, -0.2) is 50.6 Å². The van der Waals surface area contributed by atoms with E-state index in [1.165, 1.54) is 0 Å². The normalized spacial score (nSPS) is 11.2. The molecule has 8 nitrogen and oxygen atoms in total. The van der Waals surface area contributed by atoms with Crippen molar-refractivity contribution in [3.63, 3.8) is 0 Å². The maximum Gasteiger partial charge on any atom is 0.258 e. The Bertz CT molecular complexity index is 1280. The Hall–Kier alpha value is -3.14. The number of para-hydroxylation sites is 1. The van der Waals surface area contributed by atoms with Crippen molar-refractivity contribution >= 4 is 40.8 Å². The van der Waals surface area contributed by atoms with Gasteiger partial charge in [-0.05, 0) is 60.2 Å². The lowest BCUT2D eigenvalue weighted by molar-refractivity contribution is -0.124. The Kier molecular flexibility index (Phi) is 9.69. The van der Waals surface area contributed by atoms with E-state index in [1.807, 2.05) is 75.4 Å². The minimum Gasteiger partial charge on any atom is -0.483 e. The number of fused-ring (bicyclic) bond motifs is 1. The third kappa shape index (κ3) is 7.43. The highest BCUT2D eigenvalue weighted by Crippen LogP contribution is 2.28. The van der Waals surface area contributed by atoms with E-state index in [4.69, 9.17) is 4.74 Å². The minimum absolute atomic E-state index is 0. The zero-order chi connectivity index (χ0) is 24.7. The number of thioether (sulfide) groups is 1. The van der Waals surface area contributed by atoms with Crippen molar-refractivity contribution in [2.24, 2.45) is 0 Å². The zero-order valence-corrected chi connectivity index (χ0v) is 22.2. The van der Waals surface area contributed by atoms with E-state index in [0.717, 1.165) is 39.5 Å². The van der Waals surface area contributed by atoms with E-state index in [-0.39, 0.29) is 30.5 Å². The first kappa shape index (κ1) is 27.4. The Morgan fingerprint density at radius 3 is 2.56 bits per heavy atom. The van der Waals surface area contributed by atoms with E-state index >= 15 is 0 Å². The summed E-state index contributed by atoms with van der Waals surface area (Å²) in [4.78, 5) is 12.3. The van der Waals surface area contributed by atoms with Crippen LogP contribution in [0.2, 0.25) is 0 Å². The summed E-state index contributed by atoms with van der Waals surface area (Å²) in [7, 11) is 0. The van der Waals surface area contributed by atoms with Crippen molar-refractivity contribution in [3.05, 3.63) is 72.3 Å². The summed E-state index contributed by atoms with van der Waals surface area (Å²) in [6.07, 6.45) is 0. The number of ether oxygens (including phenoxy) is 1. The minimum atomic E-state index is -0.299. The van der Waals surface area contributed by atoms with Crippen LogP contribution in [0, 0.1) is 0 Å². The van der Waals surface area contributed by atoms with Gasteiger partial charge in [-0.2, -0.15) is 4.68 Å². The highest BCUT2D eigenvalue weighted by atomic mass is 35.5. The second-order valence-corrected chi connectivity index (χ2v) is 10.1. The largest absolute Gasteiger partial charge is 0.483 e. The van der Waals surface area contributed by atoms with Crippen molar-refractivity contribution < 1.29 is 9.53 Å². The molecule has 0 bridgehead atoms. The number of halogens is 1. The van der Waals surface area contributed by atoms with Crippen LogP contribution in [0.4, 0.5) is 0 Å². The fraction of sp³-hybridized carbons (Fsp3) is 0.308. The molecule has 0 atom stereocenters. The van der Waals surface area contributed by atoms with Crippen LogP contribution < -0.4 is 15.4 Å². The molecule has 0 unspecified atom stereocenters. The van der Waals surface area contributed by atoms with Gasteiger partial charge in [0.1, 0.15) is 5.75 Å². The zero-order valence-electron chi connectivity index (χ0n) is 20.6. The molecular weight excluding hydrogens is 496 g/mol. The first-order valence-electron chi connectivity index (χ1n) is 11.5. The summed E-state index contributed by atoms with van der Waals surface area (Å²) < 4.78 is 7.69. The van der Waals surface area contributed by atoms with Crippen LogP contribution in [0.1, 0.15) is 26.3 Å². The van der Waals surface area contributed by atoms with E-state index in [2.05, 4.69) is 38.3 Å². The predicted molar refractivity (Wildman–Crippen MR) is 146 cm³/mol. The lowest BCUT2D eigenvalue weighted by Gasteiger charge is -2.21. The number of benzene rings is 3. The average Bonchev–Trinajstić information content (AvgIpc) is 3.31. The number of carbonyl (C=O) groups is 1. The Balaban J connectivity index is 0.00000361. The molecule has 1 amide bonds. The molecule has 4 aromatic rings. The van der Waals surface area contributed by atoms with Crippen molar-refractivity contribution in [1.29, 1.82) is 0 Å². The summed E-state index contributed by atoms with van der Waals surface area (Å²) in [6.45, 7) is 7.19. The number of hydrogen-bond donors (Lipinski definition) is 2. The van der Waals surface area contributed by atoms with Crippen LogP contribution >= 0.6 is 24.2 Å². The van der Waals surface area contributed by atoms with Gasteiger partial charge in [0.05, 0.1) is 5.69 Å². The Morgan fingerprint density at radius 1 is 1.03 bits per heavy atom. The molecule has 0 radical (unpaired) electrons. The van der Waals surface area contributed by atoms with Gasteiger partial charge in [-0.15, -0.1) is 17.5 Å². The second-order valence-electron chi connectivity index (χ2n) is 9.08. The molecule has 2 N–H and O–H groups in total. The van der Waals surface area contributed by atoms with E-state index in [9.17, 15) is 4.79 Å². The molecular formula is C26H31ClN6O2S.